The minimum Gasteiger partial charge on any atom is -0.478 e. The van der Waals surface area contributed by atoms with Crippen molar-refractivity contribution in [3.05, 3.63) is 50.6 Å². The Balaban J connectivity index is 2.09. The molecule has 1 aromatic carbocycles. The number of benzene rings is 1. The molecule has 0 aliphatic carbocycles. The standard InChI is InChI=1S/C19H16Cl2N2O3S/c1-4-7-26-17-13(20)9-12(10-14(17)21)16-15(18(24)25-5-2)11(3)22-19-23(16)6-8-27-19/h1,6,8-10,16H,5,7H2,2-3H3/t16-/m0/s1. The maximum Gasteiger partial charge on any atom is 0.338 e. The molecule has 0 fully saturated rings. The summed E-state index contributed by atoms with van der Waals surface area (Å²) in [5.41, 5.74) is 1.76. The van der Waals surface area contributed by atoms with Crippen LogP contribution in [-0.4, -0.2) is 29.3 Å². The highest BCUT2D eigenvalue weighted by Crippen LogP contribution is 2.44. The van der Waals surface area contributed by atoms with Crippen molar-refractivity contribution < 1.29 is 14.3 Å². The highest BCUT2D eigenvalue weighted by molar-refractivity contribution is 8.16. The lowest BCUT2D eigenvalue weighted by atomic mass is 9.94. The number of hydrogen-bond donors (Lipinski definition) is 0. The number of ether oxygens (including phenoxy) is 2. The van der Waals surface area contributed by atoms with Crippen molar-refractivity contribution in [2.75, 3.05) is 13.2 Å². The van der Waals surface area contributed by atoms with Crippen molar-refractivity contribution in [1.29, 1.82) is 0 Å². The number of halogens is 2. The number of hydrogen-bond acceptors (Lipinski definition) is 6. The van der Waals surface area contributed by atoms with Gasteiger partial charge in [-0.25, -0.2) is 9.79 Å². The van der Waals surface area contributed by atoms with E-state index in [1.165, 1.54) is 11.8 Å². The fourth-order valence-electron chi connectivity index (χ4n) is 2.89. The molecular weight excluding hydrogens is 407 g/mol. The Labute approximate surface area is 172 Å². The van der Waals surface area contributed by atoms with Crippen molar-refractivity contribution in [3.63, 3.8) is 0 Å². The van der Waals surface area contributed by atoms with Gasteiger partial charge in [-0.1, -0.05) is 40.9 Å². The number of carbonyl (C=O) groups excluding carboxylic acids is 1. The highest BCUT2D eigenvalue weighted by Gasteiger charge is 2.38. The monoisotopic (exact) mass is 422 g/mol. The minimum atomic E-state index is -0.459. The molecule has 2 aliphatic rings. The first-order valence-electron chi connectivity index (χ1n) is 8.11. The van der Waals surface area contributed by atoms with Gasteiger partial charge in [0, 0.05) is 6.20 Å². The van der Waals surface area contributed by atoms with Crippen LogP contribution in [0.5, 0.6) is 5.75 Å². The first kappa shape index (κ1) is 19.7. The van der Waals surface area contributed by atoms with E-state index in [9.17, 15) is 4.79 Å². The van der Waals surface area contributed by atoms with Gasteiger partial charge in [-0.15, -0.1) is 6.42 Å². The van der Waals surface area contributed by atoms with Gasteiger partial charge in [-0.2, -0.15) is 0 Å². The molecule has 8 heteroatoms. The Morgan fingerprint density at radius 3 is 2.74 bits per heavy atom. The Morgan fingerprint density at radius 1 is 1.41 bits per heavy atom. The summed E-state index contributed by atoms with van der Waals surface area (Å²) in [5.74, 6) is 2.27. The van der Waals surface area contributed by atoms with E-state index in [2.05, 4.69) is 10.9 Å². The summed E-state index contributed by atoms with van der Waals surface area (Å²) in [6.07, 6.45) is 7.09. The molecule has 0 N–H and O–H groups in total. The van der Waals surface area contributed by atoms with Crippen LogP contribution < -0.4 is 4.74 Å². The Hall–Kier alpha value is -2.07. The average molecular weight is 423 g/mol. The third-order valence-corrected chi connectivity index (χ3v) is 5.28. The van der Waals surface area contributed by atoms with E-state index in [4.69, 9.17) is 39.1 Å². The number of aliphatic imine (C=N–C) groups is 1. The number of esters is 1. The molecule has 0 bridgehead atoms. The molecular formula is C19H16Cl2N2O3S. The molecule has 2 heterocycles. The zero-order valence-electron chi connectivity index (χ0n) is 14.7. The summed E-state index contributed by atoms with van der Waals surface area (Å²) in [6, 6.07) is 2.98. The Morgan fingerprint density at radius 2 is 2.11 bits per heavy atom. The van der Waals surface area contributed by atoms with Crippen LogP contribution in [0, 0.1) is 12.3 Å². The van der Waals surface area contributed by atoms with Crippen molar-refractivity contribution >= 4 is 46.1 Å². The SMILES string of the molecule is C#CCOc1c(Cl)cc([C@H]2C(C(=O)OCC)=C(C)N=C3SC=CN32)cc1Cl. The molecule has 1 atom stereocenters. The van der Waals surface area contributed by atoms with Crippen LogP contribution in [0.25, 0.3) is 0 Å². The van der Waals surface area contributed by atoms with Gasteiger partial charge in [0.2, 0.25) is 0 Å². The molecule has 1 aromatic rings. The lowest BCUT2D eigenvalue weighted by Crippen LogP contribution is -2.34. The van der Waals surface area contributed by atoms with Gasteiger partial charge in [-0.05, 0) is 37.0 Å². The molecule has 0 spiro atoms. The average Bonchev–Trinajstić information content (AvgIpc) is 3.07. The van der Waals surface area contributed by atoms with Crippen LogP contribution >= 0.6 is 35.0 Å². The number of fused-ring (bicyclic) bond motifs is 1. The van der Waals surface area contributed by atoms with E-state index in [1.807, 2.05) is 16.5 Å². The van der Waals surface area contributed by atoms with Crippen molar-refractivity contribution in [1.82, 2.24) is 4.90 Å². The van der Waals surface area contributed by atoms with Gasteiger partial charge in [-0.3, -0.25) is 0 Å². The number of thioether (sulfide) groups is 1. The second-order valence-electron chi connectivity index (χ2n) is 5.63. The van der Waals surface area contributed by atoms with Crippen molar-refractivity contribution in [2.45, 2.75) is 19.9 Å². The third-order valence-electron chi connectivity index (χ3n) is 3.95. The maximum absolute atomic E-state index is 12.6. The molecule has 0 saturated carbocycles. The van der Waals surface area contributed by atoms with Gasteiger partial charge in [0.1, 0.15) is 6.61 Å². The summed E-state index contributed by atoms with van der Waals surface area (Å²) in [7, 11) is 0. The van der Waals surface area contributed by atoms with Crippen LogP contribution in [0.4, 0.5) is 0 Å². The second kappa shape index (κ2) is 8.30. The van der Waals surface area contributed by atoms with E-state index in [-0.39, 0.29) is 13.2 Å². The van der Waals surface area contributed by atoms with Crippen LogP contribution in [0.15, 0.2) is 40.0 Å². The fourth-order valence-corrected chi connectivity index (χ4v) is 4.29. The van der Waals surface area contributed by atoms with Gasteiger partial charge in [0.05, 0.1) is 34.0 Å². The minimum absolute atomic E-state index is 0.0532. The summed E-state index contributed by atoms with van der Waals surface area (Å²) in [4.78, 5) is 19.1. The van der Waals surface area contributed by atoms with Crippen molar-refractivity contribution in [3.8, 4) is 18.1 Å². The molecule has 0 saturated heterocycles. The number of carbonyl (C=O) groups is 1. The fraction of sp³-hybridized carbons (Fsp3) is 0.263. The summed E-state index contributed by atoms with van der Waals surface area (Å²) < 4.78 is 10.7. The van der Waals surface area contributed by atoms with E-state index < -0.39 is 12.0 Å². The maximum atomic E-state index is 12.6. The number of terminal acetylenes is 1. The van der Waals surface area contributed by atoms with E-state index in [0.29, 0.717) is 27.1 Å². The zero-order chi connectivity index (χ0) is 19.6. The molecule has 5 nitrogen and oxygen atoms in total. The van der Waals surface area contributed by atoms with Crippen molar-refractivity contribution in [2.24, 2.45) is 4.99 Å². The van der Waals surface area contributed by atoms with E-state index >= 15 is 0 Å². The predicted molar refractivity (Wildman–Crippen MR) is 109 cm³/mol. The summed E-state index contributed by atoms with van der Waals surface area (Å²) in [5, 5.41) is 3.30. The van der Waals surface area contributed by atoms with Crippen LogP contribution in [-0.2, 0) is 9.53 Å². The van der Waals surface area contributed by atoms with E-state index in [1.54, 1.807) is 26.0 Å². The summed E-state index contributed by atoms with van der Waals surface area (Å²) >= 11 is 14.2. The molecule has 3 rings (SSSR count). The lowest BCUT2D eigenvalue weighted by molar-refractivity contribution is -0.139. The molecule has 0 amide bonds. The van der Waals surface area contributed by atoms with Gasteiger partial charge in [0.15, 0.2) is 10.9 Å². The molecule has 2 aliphatic heterocycles. The quantitative estimate of drug-likeness (QED) is 0.504. The summed E-state index contributed by atoms with van der Waals surface area (Å²) in [6.45, 7) is 3.87. The number of nitrogens with zero attached hydrogens (tertiary/aromatic N) is 2. The number of rotatable bonds is 5. The molecule has 140 valence electrons. The zero-order valence-corrected chi connectivity index (χ0v) is 17.0. The molecule has 0 unspecified atom stereocenters. The molecule has 27 heavy (non-hydrogen) atoms. The third kappa shape index (κ3) is 3.81. The van der Waals surface area contributed by atoms with Crippen LogP contribution in [0.3, 0.4) is 0 Å². The van der Waals surface area contributed by atoms with Gasteiger partial charge < -0.3 is 14.4 Å². The lowest BCUT2D eigenvalue weighted by Gasteiger charge is -2.33. The predicted octanol–water partition coefficient (Wildman–Crippen LogP) is 4.77. The van der Waals surface area contributed by atoms with E-state index in [0.717, 1.165) is 10.7 Å². The Kier molecular flexibility index (Phi) is 6.05. The highest BCUT2D eigenvalue weighted by atomic mass is 35.5. The normalized spacial score (nSPS) is 18.1. The van der Waals surface area contributed by atoms with Gasteiger partial charge >= 0.3 is 5.97 Å². The molecule has 0 aromatic heterocycles. The first-order chi connectivity index (χ1) is 13.0. The smallest absolute Gasteiger partial charge is 0.338 e. The largest absolute Gasteiger partial charge is 0.478 e. The second-order valence-corrected chi connectivity index (χ2v) is 7.32. The number of amidine groups is 1. The number of allylic oxidation sites excluding steroid dienone is 1. The first-order valence-corrected chi connectivity index (χ1v) is 9.75. The van der Waals surface area contributed by atoms with Gasteiger partial charge in [0.25, 0.3) is 0 Å². The Bertz CT molecular complexity index is 895. The topological polar surface area (TPSA) is 51.1 Å². The molecule has 0 radical (unpaired) electrons. The van der Waals surface area contributed by atoms with Crippen LogP contribution in [0.2, 0.25) is 10.0 Å². The van der Waals surface area contributed by atoms with Crippen LogP contribution in [0.1, 0.15) is 25.5 Å².